The predicted octanol–water partition coefficient (Wildman–Crippen LogP) is 4.87. The van der Waals surface area contributed by atoms with Crippen LogP contribution in [0, 0.1) is 5.92 Å². The van der Waals surface area contributed by atoms with Gasteiger partial charge in [0.15, 0.2) is 0 Å². The van der Waals surface area contributed by atoms with E-state index in [2.05, 4.69) is 91.2 Å². The molecule has 3 unspecified atom stereocenters. The zero-order chi connectivity index (χ0) is 23.6. The number of nitrogens with two attached hydrogens (primary N) is 1. The maximum absolute atomic E-state index is 10.9. The van der Waals surface area contributed by atoms with Crippen LogP contribution in [0.4, 0.5) is 5.69 Å². The van der Waals surface area contributed by atoms with E-state index in [-0.39, 0.29) is 6.04 Å². The Morgan fingerprint density at radius 3 is 2.39 bits per heavy atom. The summed E-state index contributed by atoms with van der Waals surface area (Å²) in [5, 5.41) is 0. The van der Waals surface area contributed by atoms with Gasteiger partial charge in [0.05, 0.1) is 6.04 Å². The lowest BCUT2D eigenvalue weighted by atomic mass is 10.0. The number of allylic oxidation sites excluding steroid dienone is 1. The summed E-state index contributed by atoms with van der Waals surface area (Å²) in [6.07, 6.45) is 7.27. The molecule has 3 rings (SSSR count). The molecule has 4 heteroatoms. The zero-order valence-corrected chi connectivity index (χ0v) is 20.6. The lowest BCUT2D eigenvalue weighted by Gasteiger charge is -2.31. The SMILES string of the molecule is CC(C)=CCN(c1ccc(CCc2ccccc2)cc1)C1CCN(CC(C)CC(N)C=O)C1. The van der Waals surface area contributed by atoms with Crippen LogP contribution in [-0.4, -0.2) is 49.4 Å². The Morgan fingerprint density at radius 2 is 1.76 bits per heavy atom. The highest BCUT2D eigenvalue weighted by Gasteiger charge is 2.28. The summed E-state index contributed by atoms with van der Waals surface area (Å²) >= 11 is 0. The highest BCUT2D eigenvalue weighted by molar-refractivity contribution is 5.56. The van der Waals surface area contributed by atoms with Crippen molar-refractivity contribution in [2.75, 3.05) is 31.1 Å². The lowest BCUT2D eigenvalue weighted by molar-refractivity contribution is -0.109. The number of benzene rings is 2. The van der Waals surface area contributed by atoms with Crippen LogP contribution in [0.5, 0.6) is 0 Å². The smallest absolute Gasteiger partial charge is 0.136 e. The second-order valence-electron chi connectivity index (χ2n) is 9.93. The third-order valence-corrected chi connectivity index (χ3v) is 6.62. The summed E-state index contributed by atoms with van der Waals surface area (Å²) in [6.45, 7) is 10.7. The van der Waals surface area contributed by atoms with Crippen molar-refractivity contribution in [3.63, 3.8) is 0 Å². The molecule has 1 saturated heterocycles. The van der Waals surface area contributed by atoms with E-state index in [4.69, 9.17) is 5.73 Å². The molecule has 1 aliphatic heterocycles. The summed E-state index contributed by atoms with van der Waals surface area (Å²) in [4.78, 5) is 16.0. The van der Waals surface area contributed by atoms with E-state index in [1.807, 2.05) is 0 Å². The van der Waals surface area contributed by atoms with Gasteiger partial charge in [-0.2, -0.15) is 0 Å². The summed E-state index contributed by atoms with van der Waals surface area (Å²) < 4.78 is 0. The molecular weight excluding hydrogens is 406 g/mol. The Kier molecular flexibility index (Phi) is 9.71. The van der Waals surface area contributed by atoms with Crippen LogP contribution in [-0.2, 0) is 17.6 Å². The molecule has 0 aromatic heterocycles. The molecule has 0 spiro atoms. The second-order valence-corrected chi connectivity index (χ2v) is 9.93. The molecule has 2 N–H and O–H groups in total. The molecule has 3 atom stereocenters. The first-order valence-electron chi connectivity index (χ1n) is 12.4. The van der Waals surface area contributed by atoms with Gasteiger partial charge in [-0.25, -0.2) is 0 Å². The number of aldehydes is 1. The molecule has 0 amide bonds. The fourth-order valence-corrected chi connectivity index (χ4v) is 4.80. The van der Waals surface area contributed by atoms with E-state index in [9.17, 15) is 4.79 Å². The van der Waals surface area contributed by atoms with Gasteiger partial charge in [-0.1, -0.05) is 61.0 Å². The standard InChI is InChI=1S/C29H41N3O/c1-23(2)15-18-32(29-16-17-31(21-29)20-24(3)19-27(30)22-33)28-13-11-26(12-14-28)10-9-25-7-5-4-6-8-25/h4-8,11-15,22,24,27,29H,9-10,16-21,30H2,1-3H3. The molecule has 1 fully saturated rings. The number of carbonyl (C=O) groups excluding carboxylic acids is 1. The molecule has 0 bridgehead atoms. The average molecular weight is 448 g/mol. The zero-order valence-electron chi connectivity index (χ0n) is 20.6. The molecule has 0 aliphatic carbocycles. The van der Waals surface area contributed by atoms with Crippen molar-refractivity contribution in [3.05, 3.63) is 77.4 Å². The molecule has 1 heterocycles. The Hall–Kier alpha value is -2.43. The van der Waals surface area contributed by atoms with E-state index in [1.165, 1.54) is 28.8 Å². The number of aryl methyl sites for hydroxylation is 2. The topological polar surface area (TPSA) is 49.6 Å². The molecule has 1 aliphatic rings. The van der Waals surface area contributed by atoms with Gasteiger partial charge >= 0.3 is 0 Å². The first-order chi connectivity index (χ1) is 15.9. The van der Waals surface area contributed by atoms with Crippen LogP contribution in [0.15, 0.2) is 66.2 Å². The van der Waals surface area contributed by atoms with Crippen molar-refractivity contribution in [3.8, 4) is 0 Å². The molecule has 33 heavy (non-hydrogen) atoms. The number of hydrogen-bond acceptors (Lipinski definition) is 4. The van der Waals surface area contributed by atoms with Gasteiger partial charge in [0, 0.05) is 37.9 Å². The van der Waals surface area contributed by atoms with Gasteiger partial charge < -0.3 is 20.3 Å². The van der Waals surface area contributed by atoms with Gasteiger partial charge in [0.25, 0.3) is 0 Å². The number of likely N-dealkylation sites (tertiary alicyclic amines) is 1. The van der Waals surface area contributed by atoms with Gasteiger partial charge in [-0.15, -0.1) is 0 Å². The maximum Gasteiger partial charge on any atom is 0.136 e. The van der Waals surface area contributed by atoms with Crippen molar-refractivity contribution in [1.82, 2.24) is 4.90 Å². The highest BCUT2D eigenvalue weighted by Crippen LogP contribution is 2.25. The molecule has 2 aromatic rings. The van der Waals surface area contributed by atoms with Crippen LogP contribution in [0.25, 0.3) is 0 Å². The van der Waals surface area contributed by atoms with E-state index < -0.39 is 0 Å². The maximum atomic E-state index is 10.9. The summed E-state index contributed by atoms with van der Waals surface area (Å²) in [6, 6.07) is 20.1. The van der Waals surface area contributed by atoms with E-state index in [0.717, 1.165) is 51.7 Å². The number of nitrogens with zero attached hydrogens (tertiary/aromatic N) is 2. The summed E-state index contributed by atoms with van der Waals surface area (Å²) in [5.74, 6) is 0.430. The largest absolute Gasteiger partial charge is 0.363 e. The Balaban J connectivity index is 1.62. The molecule has 2 aromatic carbocycles. The number of anilines is 1. The second kappa shape index (κ2) is 12.7. The van der Waals surface area contributed by atoms with Gasteiger partial charge in [0.1, 0.15) is 6.29 Å². The fourth-order valence-electron chi connectivity index (χ4n) is 4.80. The van der Waals surface area contributed by atoms with Crippen molar-refractivity contribution in [2.45, 2.75) is 58.5 Å². The number of carbonyl (C=O) groups is 1. The lowest BCUT2D eigenvalue weighted by Crippen LogP contribution is -2.39. The first kappa shape index (κ1) is 25.2. The van der Waals surface area contributed by atoms with E-state index in [0.29, 0.717) is 12.0 Å². The first-order valence-corrected chi connectivity index (χ1v) is 12.4. The average Bonchev–Trinajstić information content (AvgIpc) is 3.26. The van der Waals surface area contributed by atoms with E-state index in [1.54, 1.807) is 0 Å². The molecule has 178 valence electrons. The normalized spacial score (nSPS) is 18.0. The van der Waals surface area contributed by atoms with Crippen molar-refractivity contribution in [2.24, 2.45) is 11.7 Å². The Bertz CT molecular complexity index is 873. The minimum atomic E-state index is -0.340. The summed E-state index contributed by atoms with van der Waals surface area (Å²) in [5.41, 5.74) is 11.3. The van der Waals surface area contributed by atoms with Crippen LogP contribution >= 0.6 is 0 Å². The monoisotopic (exact) mass is 447 g/mol. The molecule has 0 radical (unpaired) electrons. The van der Waals surface area contributed by atoms with Crippen LogP contribution in [0.1, 0.15) is 44.7 Å². The number of rotatable bonds is 12. The van der Waals surface area contributed by atoms with Crippen LogP contribution in [0.2, 0.25) is 0 Å². The molecule has 4 nitrogen and oxygen atoms in total. The highest BCUT2D eigenvalue weighted by atomic mass is 16.1. The minimum Gasteiger partial charge on any atom is -0.363 e. The number of hydrogen-bond donors (Lipinski definition) is 1. The predicted molar refractivity (Wildman–Crippen MR) is 140 cm³/mol. The fraction of sp³-hybridized carbons (Fsp3) is 0.483. The summed E-state index contributed by atoms with van der Waals surface area (Å²) in [7, 11) is 0. The van der Waals surface area contributed by atoms with Gasteiger partial charge in [0.2, 0.25) is 0 Å². The third-order valence-electron chi connectivity index (χ3n) is 6.62. The van der Waals surface area contributed by atoms with Crippen LogP contribution < -0.4 is 10.6 Å². The van der Waals surface area contributed by atoms with Gasteiger partial charge in [-0.3, -0.25) is 0 Å². The van der Waals surface area contributed by atoms with Crippen LogP contribution in [0.3, 0.4) is 0 Å². The Labute approximate surface area is 200 Å². The Morgan fingerprint density at radius 1 is 1.09 bits per heavy atom. The quantitative estimate of drug-likeness (QED) is 0.372. The molecule has 0 saturated carbocycles. The third kappa shape index (κ3) is 8.13. The minimum absolute atomic E-state index is 0.340. The molecular formula is C29H41N3O. The van der Waals surface area contributed by atoms with Crippen molar-refractivity contribution < 1.29 is 4.79 Å². The van der Waals surface area contributed by atoms with E-state index >= 15 is 0 Å². The van der Waals surface area contributed by atoms with Crippen molar-refractivity contribution >= 4 is 12.0 Å². The van der Waals surface area contributed by atoms with Crippen molar-refractivity contribution in [1.29, 1.82) is 0 Å². The van der Waals surface area contributed by atoms with Gasteiger partial charge in [-0.05, 0) is 68.7 Å².